The van der Waals surface area contributed by atoms with E-state index in [1.807, 2.05) is 0 Å². The van der Waals surface area contributed by atoms with Gasteiger partial charge in [-0.25, -0.2) is 0 Å². The zero-order valence-corrected chi connectivity index (χ0v) is 58.5. The van der Waals surface area contributed by atoms with Crippen LogP contribution >= 0.6 is 0 Å². The maximum Gasteiger partial charge on any atom is 2.00 e. The second-order valence-corrected chi connectivity index (χ2v) is 32.1. The Balaban J connectivity index is 0.00000940. The van der Waals surface area contributed by atoms with Gasteiger partial charge in [-0.3, -0.25) is 9.59 Å². The van der Waals surface area contributed by atoms with Gasteiger partial charge in [-0.2, -0.15) is 0 Å². The van der Waals surface area contributed by atoms with E-state index in [4.69, 9.17) is 9.97 Å². The van der Waals surface area contributed by atoms with Gasteiger partial charge in [-0.15, -0.1) is 22.1 Å². The largest absolute Gasteiger partial charge is 2.00 e. The molecule has 4 aromatic heterocycles. The van der Waals surface area contributed by atoms with E-state index in [9.17, 15) is 19.8 Å². The predicted molar refractivity (Wildman–Crippen MR) is 347 cm³/mol. The molecule has 2 aliphatic carbocycles. The molecule has 9 heteroatoms. The summed E-state index contributed by atoms with van der Waals surface area (Å²) in [6.07, 6.45) is 8.27. The molecule has 0 atom stereocenters. The van der Waals surface area contributed by atoms with Gasteiger partial charge in [0.25, 0.3) is 0 Å². The molecule has 8 nitrogen and oxygen atoms in total. The maximum atomic E-state index is 14.7. The van der Waals surface area contributed by atoms with Crippen molar-refractivity contribution in [2.24, 2.45) is 21.7 Å². The SMILES string of the molecule is CC(C)(C)C1=CC(=C2c3ccc([n-]3)C(=C3C=C(C(C)(C)C)C(=O)C(C(C)(C)C)=C3)c3ccc([nH]3)C(c3cc(C(C)(C)C)c(O)c(C(C)(C)C)c3)=c3ccc([n-]3)=C(c3cc(C(C)(C)C)c(O)c(C(C)(C)C)c3)c3ccc2[nH]3)C=C(C(C)(C)C)C1=O.[Zn+2]. The molecule has 2 aromatic carbocycles. The number of aromatic nitrogens is 4. The van der Waals surface area contributed by atoms with Crippen LogP contribution in [-0.4, -0.2) is 31.7 Å². The van der Waals surface area contributed by atoms with Crippen LogP contribution < -0.4 is 20.7 Å². The number of benzene rings is 2. The Kier molecular flexibility index (Phi) is 16.1. The monoisotopic (exact) mass is 1190 g/mol. The number of carbonyl (C=O) groups excluding carboxylic acids is 2. The van der Waals surface area contributed by atoms with Crippen LogP contribution in [0, 0.1) is 21.7 Å². The van der Waals surface area contributed by atoms with Crippen LogP contribution in [0.3, 0.4) is 0 Å². The Bertz CT molecular complexity index is 3660. The molecule has 85 heavy (non-hydrogen) atoms. The number of phenolic OH excluding ortho intramolecular Hbond substituents is 2. The number of carbonyl (C=O) groups is 2. The zero-order valence-electron chi connectivity index (χ0n) is 55.6. The molecule has 0 unspecified atom stereocenters. The average Bonchev–Trinajstić information content (AvgIpc) is 2.63. The van der Waals surface area contributed by atoms with Gasteiger partial charge in [-0.05, 0) is 161 Å². The number of hydrogen-bond acceptors (Lipinski definition) is 4. The van der Waals surface area contributed by atoms with Gasteiger partial charge in [-0.1, -0.05) is 190 Å². The standard InChI is InChI=1S/C76H94N4O4.Zn/c1-69(2,3)45-33-41(34-46(65(45)81)70(4,5)6)61-53-25-27-55(77-53)62(42-35-47(71(7,8)9)66(82)48(36-42)72(10,11)12)57-29-31-59(79-57)64(44-39-51(75(19,20)21)68(84)52(40-44)76(22,23)24)60-32-30-58(80-60)63(56-28-26-54(61)78-56)43-37-49(73(13,14)15)67(83)50(38-43)74(16,17)18;/h25-40H,1-24H3,(H6,77,78,79,80,81,82,83,84);/q;+2/p-2. The smallest absolute Gasteiger partial charge is 0.657 e. The Hall–Kier alpha value is -6.70. The van der Waals surface area contributed by atoms with Crippen molar-refractivity contribution >= 4 is 33.9 Å². The van der Waals surface area contributed by atoms with Crippen molar-refractivity contribution < 1.29 is 39.3 Å². The Morgan fingerprint density at radius 1 is 0.329 bits per heavy atom. The third-order valence-electron chi connectivity index (χ3n) is 16.8. The summed E-state index contributed by atoms with van der Waals surface area (Å²) in [5, 5.41) is 25.8. The topological polar surface area (TPSA) is 134 Å². The van der Waals surface area contributed by atoms with Crippen LogP contribution in [0.2, 0.25) is 0 Å². The van der Waals surface area contributed by atoms with Crippen LogP contribution in [-0.2, 0) is 50.7 Å². The number of phenols is 2. The van der Waals surface area contributed by atoms with Crippen molar-refractivity contribution in [1.29, 1.82) is 0 Å². The van der Waals surface area contributed by atoms with E-state index < -0.39 is 43.3 Å². The molecular weight excluding hydrogens is 1100 g/mol. The normalized spacial score (nSPS) is 16.2. The van der Waals surface area contributed by atoms with Gasteiger partial charge in [0.15, 0.2) is 11.6 Å². The number of ketones is 2. The first kappa shape index (κ1) is 64.3. The van der Waals surface area contributed by atoms with Crippen molar-refractivity contribution in [2.75, 3.05) is 0 Å². The molecular formula is C76H92N4O4Zn. The molecule has 442 valence electrons. The average molecular weight is 1190 g/mol. The van der Waals surface area contributed by atoms with Gasteiger partial charge in [0.05, 0.1) is 0 Å². The summed E-state index contributed by atoms with van der Waals surface area (Å²) < 4.78 is 0. The third-order valence-corrected chi connectivity index (χ3v) is 16.8. The summed E-state index contributed by atoms with van der Waals surface area (Å²) in [6.45, 7) is 50.8. The Morgan fingerprint density at radius 2 is 0.576 bits per heavy atom. The summed E-state index contributed by atoms with van der Waals surface area (Å²) in [6, 6.07) is 25.3. The minimum atomic E-state index is -0.484. The summed E-state index contributed by atoms with van der Waals surface area (Å²) in [5.41, 5.74) is 14.0. The molecule has 4 N–H and O–H groups in total. The number of rotatable bonds is 2. The fraction of sp³-hybridized carbons (Fsp3) is 0.421. The van der Waals surface area contributed by atoms with Gasteiger partial charge < -0.3 is 30.1 Å². The molecule has 8 bridgehead atoms. The van der Waals surface area contributed by atoms with Crippen LogP contribution in [0.5, 0.6) is 11.5 Å². The number of aromatic amines is 2. The predicted octanol–water partition coefficient (Wildman–Crippen LogP) is 16.3. The zero-order chi connectivity index (χ0) is 62.3. The van der Waals surface area contributed by atoms with Gasteiger partial charge in [0, 0.05) is 67.3 Å². The van der Waals surface area contributed by atoms with Crippen LogP contribution in [0.15, 0.2) is 131 Å². The Labute approximate surface area is 519 Å². The van der Waals surface area contributed by atoms with Crippen LogP contribution in [0.4, 0.5) is 0 Å². The summed E-state index contributed by atoms with van der Waals surface area (Å²) in [5.74, 6) is 0.654. The van der Waals surface area contributed by atoms with Crippen LogP contribution in [0.25, 0.3) is 22.3 Å². The molecule has 3 aliphatic rings. The fourth-order valence-corrected chi connectivity index (χ4v) is 12.0. The van der Waals surface area contributed by atoms with Gasteiger partial charge >= 0.3 is 19.5 Å². The Morgan fingerprint density at radius 3 is 0.812 bits per heavy atom. The molecule has 9 rings (SSSR count). The van der Waals surface area contributed by atoms with Crippen molar-refractivity contribution in [3.05, 3.63) is 209 Å². The van der Waals surface area contributed by atoms with E-state index >= 15 is 0 Å². The van der Waals surface area contributed by atoms with E-state index in [0.717, 1.165) is 123 Å². The van der Waals surface area contributed by atoms with E-state index in [0.29, 0.717) is 11.4 Å². The van der Waals surface area contributed by atoms with Crippen molar-refractivity contribution in [1.82, 2.24) is 19.9 Å². The summed E-state index contributed by atoms with van der Waals surface area (Å²) in [7, 11) is 0. The molecule has 6 aromatic rings. The fourth-order valence-electron chi connectivity index (χ4n) is 12.0. The van der Waals surface area contributed by atoms with Crippen molar-refractivity contribution in [3.8, 4) is 11.5 Å². The number of Topliss-reactive ketones (excluding diaryl/α,β-unsaturated/α-hetero) is 2. The van der Waals surface area contributed by atoms with Crippen LogP contribution in [0.1, 0.15) is 234 Å². The first-order chi connectivity index (χ1) is 38.3. The quantitative estimate of drug-likeness (QED) is 0.127. The van der Waals surface area contributed by atoms with Gasteiger partial charge in [0.1, 0.15) is 11.5 Å². The number of fused-ring (bicyclic) bond motifs is 8. The maximum absolute atomic E-state index is 14.7. The number of nitrogens with one attached hydrogen (secondary N) is 2. The summed E-state index contributed by atoms with van der Waals surface area (Å²) >= 11 is 0. The molecule has 0 amide bonds. The number of allylic oxidation sites excluding steroid dienone is 10. The molecule has 0 fully saturated rings. The third kappa shape index (κ3) is 12.2. The van der Waals surface area contributed by atoms with E-state index in [1.54, 1.807) is 0 Å². The second-order valence-electron chi connectivity index (χ2n) is 32.1. The van der Waals surface area contributed by atoms with E-state index in [-0.39, 0.29) is 42.5 Å². The molecule has 0 saturated heterocycles. The first-order valence-electron chi connectivity index (χ1n) is 30.0. The number of aromatic hydroxyl groups is 2. The van der Waals surface area contributed by atoms with E-state index in [2.05, 4.69) is 273 Å². The van der Waals surface area contributed by atoms with Crippen molar-refractivity contribution in [3.63, 3.8) is 0 Å². The van der Waals surface area contributed by atoms with Crippen molar-refractivity contribution in [2.45, 2.75) is 188 Å². The second kappa shape index (κ2) is 21.3. The number of hydrogen-bond donors (Lipinski definition) is 4. The molecule has 0 radical (unpaired) electrons. The molecule has 0 spiro atoms. The summed E-state index contributed by atoms with van der Waals surface area (Å²) in [4.78, 5) is 48.8. The molecule has 5 heterocycles. The first-order valence-corrected chi connectivity index (χ1v) is 30.0. The minimum Gasteiger partial charge on any atom is -0.657 e. The number of nitrogens with zero attached hydrogens (tertiary/aromatic N) is 2. The van der Waals surface area contributed by atoms with E-state index in [1.165, 1.54) is 0 Å². The molecule has 0 saturated carbocycles. The van der Waals surface area contributed by atoms with Gasteiger partial charge in [0.2, 0.25) is 0 Å². The number of H-pyrrole nitrogens is 2. The molecule has 1 aliphatic heterocycles. The minimum absolute atomic E-state index is 0.